The second-order valence-electron chi connectivity index (χ2n) is 5.36. The number of halogens is 2. The largest absolute Gasteiger partial charge is 0.481 e. The molecule has 0 aromatic heterocycles. The molecule has 0 unspecified atom stereocenters. The minimum absolute atomic E-state index is 0.202. The van der Waals surface area contributed by atoms with Gasteiger partial charge in [-0.25, -0.2) is 0 Å². The van der Waals surface area contributed by atoms with Gasteiger partial charge in [-0.15, -0.1) is 0 Å². The van der Waals surface area contributed by atoms with Gasteiger partial charge in [0.25, 0.3) is 0 Å². The van der Waals surface area contributed by atoms with Crippen LogP contribution < -0.4 is 5.32 Å². The molecule has 4 nitrogen and oxygen atoms in total. The molecule has 0 bridgehead atoms. The first kappa shape index (κ1) is 17.3. The summed E-state index contributed by atoms with van der Waals surface area (Å²) >= 11 is 11.7. The average Bonchev–Trinajstić information content (AvgIpc) is 2.51. The fraction of sp³-hybridized carbons (Fsp3) is 0.176. The van der Waals surface area contributed by atoms with E-state index >= 15 is 0 Å². The molecule has 23 heavy (non-hydrogen) atoms. The Morgan fingerprint density at radius 3 is 2.30 bits per heavy atom. The molecule has 0 saturated heterocycles. The molecule has 1 amide bonds. The van der Waals surface area contributed by atoms with Crippen LogP contribution in [0.15, 0.2) is 48.5 Å². The van der Waals surface area contributed by atoms with Gasteiger partial charge in [-0.3, -0.25) is 9.59 Å². The minimum Gasteiger partial charge on any atom is -0.481 e. The van der Waals surface area contributed by atoms with Gasteiger partial charge in [0.05, 0.1) is 15.5 Å². The number of carbonyl (C=O) groups excluding carboxylic acids is 1. The number of rotatable bonds is 5. The van der Waals surface area contributed by atoms with E-state index in [2.05, 4.69) is 5.32 Å². The summed E-state index contributed by atoms with van der Waals surface area (Å²) in [5.74, 6) is -1.48. The zero-order valence-electron chi connectivity index (χ0n) is 12.3. The molecule has 0 heterocycles. The zero-order valence-corrected chi connectivity index (χ0v) is 13.9. The molecule has 2 N–H and O–H groups in total. The number of benzene rings is 2. The van der Waals surface area contributed by atoms with Gasteiger partial charge < -0.3 is 10.4 Å². The highest BCUT2D eigenvalue weighted by atomic mass is 35.5. The molecule has 0 spiro atoms. The lowest BCUT2D eigenvalue weighted by atomic mass is 9.79. The van der Waals surface area contributed by atoms with E-state index in [-0.39, 0.29) is 6.42 Å². The van der Waals surface area contributed by atoms with E-state index in [9.17, 15) is 14.7 Å². The molecule has 6 heteroatoms. The lowest BCUT2D eigenvalue weighted by Gasteiger charge is -2.24. The molecule has 1 atom stereocenters. The fourth-order valence-electron chi connectivity index (χ4n) is 2.21. The third-order valence-corrected chi connectivity index (χ3v) is 4.34. The van der Waals surface area contributed by atoms with Gasteiger partial charge in [0.15, 0.2) is 0 Å². The predicted octanol–water partition coefficient (Wildman–Crippen LogP) is 4.36. The molecular weight excluding hydrogens is 337 g/mol. The smallest absolute Gasteiger partial charge is 0.314 e. The second-order valence-corrected chi connectivity index (χ2v) is 6.17. The van der Waals surface area contributed by atoms with Crippen LogP contribution in [-0.2, 0) is 15.0 Å². The number of hydrogen-bond acceptors (Lipinski definition) is 2. The van der Waals surface area contributed by atoms with Crippen molar-refractivity contribution in [3.05, 3.63) is 64.1 Å². The van der Waals surface area contributed by atoms with Crippen molar-refractivity contribution in [3.63, 3.8) is 0 Å². The number of carboxylic acid groups (broad SMARTS) is 1. The van der Waals surface area contributed by atoms with E-state index < -0.39 is 17.3 Å². The third kappa shape index (κ3) is 4.03. The van der Waals surface area contributed by atoms with Crippen molar-refractivity contribution in [2.24, 2.45) is 0 Å². The highest BCUT2D eigenvalue weighted by Gasteiger charge is 2.37. The number of aliphatic carboxylic acids is 1. The van der Waals surface area contributed by atoms with Crippen LogP contribution in [0.25, 0.3) is 0 Å². The quantitative estimate of drug-likeness (QED) is 0.840. The fourth-order valence-corrected chi connectivity index (χ4v) is 2.51. The van der Waals surface area contributed by atoms with Crippen molar-refractivity contribution < 1.29 is 14.7 Å². The van der Waals surface area contributed by atoms with Crippen LogP contribution in [0.4, 0.5) is 5.69 Å². The van der Waals surface area contributed by atoms with Crippen LogP contribution in [0.1, 0.15) is 18.9 Å². The van der Waals surface area contributed by atoms with E-state index in [4.69, 9.17) is 23.2 Å². The number of hydrogen-bond donors (Lipinski definition) is 2. The third-order valence-electron chi connectivity index (χ3n) is 3.60. The first-order valence-electron chi connectivity index (χ1n) is 6.87. The van der Waals surface area contributed by atoms with Gasteiger partial charge in [0, 0.05) is 12.1 Å². The maximum atomic E-state index is 12.3. The van der Waals surface area contributed by atoms with E-state index in [1.807, 2.05) is 0 Å². The standard InChI is InChI=1S/C17H15Cl2NO3/c1-17(16(22)23,11-5-3-2-4-6-11)10-15(21)20-12-7-8-13(18)14(19)9-12/h2-9H,10H2,1H3,(H,20,21)(H,22,23)/t17-/m1/s1. The maximum Gasteiger partial charge on any atom is 0.314 e. The number of carboxylic acids is 1. The molecule has 0 saturated carbocycles. The van der Waals surface area contributed by atoms with E-state index in [0.717, 1.165) is 0 Å². The van der Waals surface area contributed by atoms with Crippen LogP contribution in [0.2, 0.25) is 10.0 Å². The van der Waals surface area contributed by atoms with Crippen LogP contribution in [0.5, 0.6) is 0 Å². The number of nitrogens with one attached hydrogen (secondary N) is 1. The molecule has 2 rings (SSSR count). The Morgan fingerprint density at radius 1 is 1.09 bits per heavy atom. The van der Waals surface area contributed by atoms with Crippen LogP contribution >= 0.6 is 23.2 Å². The SMILES string of the molecule is C[C@](CC(=O)Nc1ccc(Cl)c(Cl)c1)(C(=O)O)c1ccccc1. The minimum atomic E-state index is -1.32. The lowest BCUT2D eigenvalue weighted by Crippen LogP contribution is -2.36. The van der Waals surface area contributed by atoms with E-state index in [1.54, 1.807) is 42.5 Å². The van der Waals surface area contributed by atoms with Gasteiger partial charge in [-0.2, -0.15) is 0 Å². The van der Waals surface area contributed by atoms with Crippen molar-refractivity contribution in [1.82, 2.24) is 0 Å². The first-order valence-corrected chi connectivity index (χ1v) is 7.62. The lowest BCUT2D eigenvalue weighted by molar-refractivity contribution is -0.145. The van der Waals surface area contributed by atoms with Crippen molar-refractivity contribution in [3.8, 4) is 0 Å². The monoisotopic (exact) mass is 351 g/mol. The second kappa shape index (κ2) is 7.02. The molecule has 2 aromatic carbocycles. The first-order chi connectivity index (χ1) is 10.8. The molecule has 2 aromatic rings. The predicted molar refractivity (Wildman–Crippen MR) is 91.1 cm³/mol. The molecule has 0 fully saturated rings. The normalized spacial score (nSPS) is 13.2. The van der Waals surface area contributed by atoms with Crippen molar-refractivity contribution >= 4 is 40.8 Å². The summed E-state index contributed by atoms with van der Waals surface area (Å²) in [6, 6.07) is 13.4. The topological polar surface area (TPSA) is 66.4 Å². The van der Waals surface area contributed by atoms with Crippen LogP contribution in [0, 0.1) is 0 Å². The molecule has 0 aliphatic carbocycles. The van der Waals surface area contributed by atoms with Crippen molar-refractivity contribution in [1.29, 1.82) is 0 Å². The van der Waals surface area contributed by atoms with Gasteiger partial charge in [-0.05, 0) is 30.7 Å². The summed E-state index contributed by atoms with van der Waals surface area (Å²) in [6.45, 7) is 1.53. The highest BCUT2D eigenvalue weighted by Crippen LogP contribution is 2.29. The van der Waals surface area contributed by atoms with Crippen LogP contribution in [0.3, 0.4) is 0 Å². The molecule has 0 aliphatic rings. The summed E-state index contributed by atoms with van der Waals surface area (Å²) in [6.07, 6.45) is -0.202. The number of anilines is 1. The molecule has 0 radical (unpaired) electrons. The van der Waals surface area contributed by atoms with Gasteiger partial charge >= 0.3 is 5.97 Å². The van der Waals surface area contributed by atoms with Gasteiger partial charge in [-0.1, -0.05) is 53.5 Å². The highest BCUT2D eigenvalue weighted by molar-refractivity contribution is 6.42. The Morgan fingerprint density at radius 2 is 1.74 bits per heavy atom. The van der Waals surface area contributed by atoms with Crippen molar-refractivity contribution in [2.45, 2.75) is 18.8 Å². The Kier molecular flexibility index (Phi) is 5.29. The average molecular weight is 352 g/mol. The Hall–Kier alpha value is -2.04. The Bertz CT molecular complexity index is 734. The number of carbonyl (C=O) groups is 2. The summed E-state index contributed by atoms with van der Waals surface area (Å²) < 4.78 is 0. The van der Waals surface area contributed by atoms with Gasteiger partial charge in [0.1, 0.15) is 0 Å². The number of amides is 1. The van der Waals surface area contributed by atoms with Gasteiger partial charge in [0.2, 0.25) is 5.91 Å². The molecule has 120 valence electrons. The summed E-state index contributed by atoms with van der Waals surface area (Å²) in [5.41, 5.74) is -0.288. The molecule has 0 aliphatic heterocycles. The zero-order chi connectivity index (χ0) is 17.0. The van der Waals surface area contributed by atoms with Crippen molar-refractivity contribution in [2.75, 3.05) is 5.32 Å². The van der Waals surface area contributed by atoms with E-state index in [0.29, 0.717) is 21.3 Å². The summed E-state index contributed by atoms with van der Waals surface area (Å²) in [7, 11) is 0. The Labute approximate surface area is 144 Å². The van der Waals surface area contributed by atoms with Crippen LogP contribution in [-0.4, -0.2) is 17.0 Å². The summed E-state index contributed by atoms with van der Waals surface area (Å²) in [4.78, 5) is 23.9. The summed E-state index contributed by atoms with van der Waals surface area (Å²) in [5, 5.41) is 12.9. The van der Waals surface area contributed by atoms with E-state index in [1.165, 1.54) is 13.0 Å². The molecular formula is C17H15Cl2NO3. The maximum absolute atomic E-state index is 12.3. The Balaban J connectivity index is 2.19.